The highest BCUT2D eigenvalue weighted by molar-refractivity contribution is 5.81. The minimum Gasteiger partial charge on any atom is -0.467 e. The Balaban J connectivity index is 1.61. The van der Waals surface area contributed by atoms with Crippen LogP contribution < -0.4 is 0 Å². The van der Waals surface area contributed by atoms with Crippen LogP contribution in [0.4, 0.5) is 0 Å². The first kappa shape index (κ1) is 16.7. The van der Waals surface area contributed by atoms with E-state index in [1.165, 1.54) is 0 Å². The van der Waals surface area contributed by atoms with Gasteiger partial charge in [0.2, 0.25) is 5.91 Å². The molecule has 8 nitrogen and oxygen atoms in total. The first-order chi connectivity index (χ1) is 11.5. The Hall–Kier alpha value is -2.19. The quantitative estimate of drug-likeness (QED) is 0.882. The number of rotatable bonds is 5. The van der Waals surface area contributed by atoms with Crippen LogP contribution in [0.15, 0.2) is 22.8 Å². The fraction of sp³-hybridized carbons (Fsp3) is 0.562. The highest BCUT2D eigenvalue weighted by Gasteiger charge is 2.31. The minimum absolute atomic E-state index is 0.0539. The van der Waals surface area contributed by atoms with E-state index in [4.69, 9.17) is 9.15 Å². The molecule has 0 saturated carbocycles. The molecule has 24 heavy (non-hydrogen) atoms. The van der Waals surface area contributed by atoms with Crippen LogP contribution >= 0.6 is 0 Å². The number of hydrogen-bond acceptors (Lipinski definition) is 6. The number of aryl methyl sites for hydroxylation is 1. The van der Waals surface area contributed by atoms with Gasteiger partial charge in [-0.05, 0) is 26.0 Å². The molecule has 0 spiro atoms. The maximum atomic E-state index is 12.7. The lowest BCUT2D eigenvalue weighted by Gasteiger charge is -2.36. The number of H-pyrrole nitrogens is 1. The Morgan fingerprint density at radius 1 is 1.58 bits per heavy atom. The molecule has 1 N–H and O–H groups in total. The molecule has 0 radical (unpaired) electrons. The number of likely N-dealkylation sites (N-methyl/N-ethyl adjacent to an activating group) is 1. The van der Waals surface area contributed by atoms with Gasteiger partial charge in [-0.25, -0.2) is 4.98 Å². The number of morpholine rings is 1. The SMILES string of the molecule is Cc1nc(C2CN(C(C)C(=O)N(C)Cc3ccco3)CCO2)n[nH]1. The molecule has 1 fully saturated rings. The zero-order valence-corrected chi connectivity index (χ0v) is 14.2. The average Bonchev–Trinajstić information content (AvgIpc) is 3.25. The van der Waals surface area contributed by atoms with Crippen LogP contribution in [0.2, 0.25) is 0 Å². The smallest absolute Gasteiger partial charge is 0.239 e. The van der Waals surface area contributed by atoms with Crippen molar-refractivity contribution in [3.8, 4) is 0 Å². The summed E-state index contributed by atoms with van der Waals surface area (Å²) in [7, 11) is 1.79. The van der Waals surface area contributed by atoms with Crippen LogP contribution in [-0.2, 0) is 16.1 Å². The summed E-state index contributed by atoms with van der Waals surface area (Å²) in [5.74, 6) is 2.22. The predicted octanol–water partition coefficient (Wildman–Crippen LogP) is 1.13. The third kappa shape index (κ3) is 3.65. The summed E-state index contributed by atoms with van der Waals surface area (Å²) in [6.07, 6.45) is 1.40. The molecule has 2 atom stereocenters. The van der Waals surface area contributed by atoms with E-state index in [0.717, 1.165) is 11.6 Å². The van der Waals surface area contributed by atoms with Gasteiger partial charge in [-0.15, -0.1) is 0 Å². The van der Waals surface area contributed by atoms with Gasteiger partial charge in [0, 0.05) is 20.1 Å². The molecule has 2 unspecified atom stereocenters. The van der Waals surface area contributed by atoms with E-state index >= 15 is 0 Å². The van der Waals surface area contributed by atoms with E-state index in [2.05, 4.69) is 20.1 Å². The van der Waals surface area contributed by atoms with Gasteiger partial charge in [-0.3, -0.25) is 14.8 Å². The fourth-order valence-electron chi connectivity index (χ4n) is 2.87. The third-order valence-electron chi connectivity index (χ3n) is 4.25. The number of aromatic nitrogens is 3. The van der Waals surface area contributed by atoms with Crippen LogP contribution in [0, 0.1) is 6.92 Å². The van der Waals surface area contributed by atoms with Gasteiger partial charge in [-0.1, -0.05) is 0 Å². The second kappa shape index (κ2) is 7.14. The van der Waals surface area contributed by atoms with E-state index < -0.39 is 0 Å². The fourth-order valence-corrected chi connectivity index (χ4v) is 2.87. The highest BCUT2D eigenvalue weighted by Crippen LogP contribution is 2.21. The number of carbonyl (C=O) groups is 1. The Bertz CT molecular complexity index is 669. The van der Waals surface area contributed by atoms with Crippen molar-refractivity contribution in [2.45, 2.75) is 32.5 Å². The monoisotopic (exact) mass is 333 g/mol. The van der Waals surface area contributed by atoms with Crippen molar-refractivity contribution < 1.29 is 13.9 Å². The molecular weight excluding hydrogens is 310 g/mol. The molecule has 1 aliphatic rings. The molecule has 3 heterocycles. The summed E-state index contributed by atoms with van der Waals surface area (Å²) in [5.41, 5.74) is 0. The minimum atomic E-state index is -0.239. The summed E-state index contributed by atoms with van der Waals surface area (Å²) >= 11 is 0. The molecule has 1 saturated heterocycles. The van der Waals surface area contributed by atoms with Gasteiger partial charge in [-0.2, -0.15) is 5.10 Å². The number of aromatic amines is 1. The van der Waals surface area contributed by atoms with Gasteiger partial charge in [0.15, 0.2) is 5.82 Å². The summed E-state index contributed by atoms with van der Waals surface area (Å²) in [4.78, 5) is 20.8. The average molecular weight is 333 g/mol. The Kier molecular flexibility index (Phi) is 4.96. The maximum Gasteiger partial charge on any atom is 0.239 e. The topological polar surface area (TPSA) is 87.5 Å². The first-order valence-electron chi connectivity index (χ1n) is 8.06. The zero-order valence-electron chi connectivity index (χ0n) is 14.2. The van der Waals surface area contributed by atoms with Crippen LogP contribution in [0.5, 0.6) is 0 Å². The highest BCUT2D eigenvalue weighted by atomic mass is 16.5. The number of nitrogens with zero attached hydrogens (tertiary/aromatic N) is 4. The summed E-state index contributed by atoms with van der Waals surface area (Å²) in [6.45, 7) is 6.10. The first-order valence-corrected chi connectivity index (χ1v) is 8.06. The molecule has 2 aromatic heterocycles. The van der Waals surface area contributed by atoms with Crippen LogP contribution in [0.1, 0.15) is 30.4 Å². The van der Waals surface area contributed by atoms with Gasteiger partial charge >= 0.3 is 0 Å². The van der Waals surface area contributed by atoms with Crippen molar-refractivity contribution in [2.24, 2.45) is 0 Å². The van der Waals surface area contributed by atoms with Crippen molar-refractivity contribution in [2.75, 3.05) is 26.7 Å². The third-order valence-corrected chi connectivity index (χ3v) is 4.25. The number of amides is 1. The number of ether oxygens (including phenoxy) is 1. The van der Waals surface area contributed by atoms with E-state index in [9.17, 15) is 4.79 Å². The number of hydrogen-bond donors (Lipinski definition) is 1. The number of carbonyl (C=O) groups excluding carboxylic acids is 1. The number of nitrogens with one attached hydrogen (secondary N) is 1. The van der Waals surface area contributed by atoms with Gasteiger partial charge in [0.25, 0.3) is 0 Å². The Morgan fingerprint density at radius 3 is 3.08 bits per heavy atom. The Morgan fingerprint density at radius 2 is 2.42 bits per heavy atom. The molecule has 1 aliphatic heterocycles. The Labute approximate surface area is 140 Å². The van der Waals surface area contributed by atoms with Crippen molar-refractivity contribution in [1.29, 1.82) is 0 Å². The molecule has 1 amide bonds. The van der Waals surface area contributed by atoms with Crippen LogP contribution in [-0.4, -0.2) is 63.7 Å². The summed E-state index contributed by atoms with van der Waals surface area (Å²) in [5, 5.41) is 7.00. The molecule has 2 aromatic rings. The lowest BCUT2D eigenvalue weighted by Crippen LogP contribution is -2.50. The van der Waals surface area contributed by atoms with Crippen molar-refractivity contribution >= 4 is 5.91 Å². The molecule has 130 valence electrons. The second-order valence-electron chi connectivity index (χ2n) is 6.08. The maximum absolute atomic E-state index is 12.7. The van der Waals surface area contributed by atoms with Gasteiger partial charge < -0.3 is 14.1 Å². The van der Waals surface area contributed by atoms with Crippen molar-refractivity contribution in [3.63, 3.8) is 0 Å². The van der Waals surface area contributed by atoms with E-state index in [1.807, 2.05) is 26.0 Å². The predicted molar refractivity (Wildman–Crippen MR) is 86.0 cm³/mol. The summed E-state index contributed by atoms with van der Waals surface area (Å²) < 4.78 is 11.1. The molecule has 0 aliphatic carbocycles. The van der Waals surface area contributed by atoms with Gasteiger partial charge in [0.05, 0.1) is 25.5 Å². The lowest BCUT2D eigenvalue weighted by molar-refractivity contribution is -0.139. The van der Waals surface area contributed by atoms with Crippen molar-refractivity contribution in [1.82, 2.24) is 25.0 Å². The molecule has 3 rings (SSSR count). The van der Waals surface area contributed by atoms with E-state index in [1.54, 1.807) is 18.2 Å². The number of furan rings is 1. The van der Waals surface area contributed by atoms with Crippen LogP contribution in [0.25, 0.3) is 0 Å². The molecule has 8 heteroatoms. The molecule has 0 bridgehead atoms. The second-order valence-corrected chi connectivity index (χ2v) is 6.08. The van der Waals surface area contributed by atoms with Gasteiger partial charge in [0.1, 0.15) is 17.7 Å². The van der Waals surface area contributed by atoms with E-state index in [0.29, 0.717) is 32.1 Å². The summed E-state index contributed by atoms with van der Waals surface area (Å²) in [6, 6.07) is 3.45. The normalized spacial score (nSPS) is 20.0. The standard InChI is InChI=1S/C16H23N5O3/c1-11(16(22)20(3)9-13-5-4-7-23-13)21-6-8-24-14(10-21)15-17-12(2)18-19-15/h4-5,7,11,14H,6,8-10H2,1-3H3,(H,17,18,19). The molecular formula is C16H23N5O3. The molecule has 0 aromatic carbocycles. The lowest BCUT2D eigenvalue weighted by atomic mass is 10.2. The van der Waals surface area contributed by atoms with Crippen molar-refractivity contribution in [3.05, 3.63) is 35.8 Å². The largest absolute Gasteiger partial charge is 0.467 e. The van der Waals surface area contributed by atoms with E-state index in [-0.39, 0.29) is 18.1 Å². The zero-order chi connectivity index (χ0) is 17.1. The van der Waals surface area contributed by atoms with Crippen LogP contribution in [0.3, 0.4) is 0 Å².